The van der Waals surface area contributed by atoms with Crippen molar-refractivity contribution in [3.8, 4) is 0 Å². The van der Waals surface area contributed by atoms with Gasteiger partial charge in [-0.15, -0.1) is 0 Å². The number of hydrogen-bond acceptors (Lipinski definition) is 5. The van der Waals surface area contributed by atoms with Crippen molar-refractivity contribution in [3.05, 3.63) is 23.0 Å². The summed E-state index contributed by atoms with van der Waals surface area (Å²) in [5.74, 6) is -0.200. The van der Waals surface area contributed by atoms with E-state index in [0.717, 1.165) is 50.0 Å². The van der Waals surface area contributed by atoms with Gasteiger partial charge in [0.15, 0.2) is 11.3 Å². The minimum absolute atomic E-state index is 0.163. The maximum absolute atomic E-state index is 12.6. The number of aryl methyl sites for hydroxylation is 2. The number of aromatic nitrogens is 2. The van der Waals surface area contributed by atoms with Crippen LogP contribution in [0.3, 0.4) is 0 Å². The molecule has 0 unspecified atom stereocenters. The Morgan fingerprint density at radius 3 is 2.77 bits per heavy atom. The van der Waals surface area contributed by atoms with Gasteiger partial charge < -0.3 is 14.6 Å². The fourth-order valence-electron chi connectivity index (χ4n) is 3.61. The molecule has 26 heavy (non-hydrogen) atoms. The van der Waals surface area contributed by atoms with Crippen molar-refractivity contribution in [3.63, 3.8) is 0 Å². The maximum Gasteiger partial charge on any atom is 0.275 e. The molecule has 3 rings (SSSR count). The molecule has 1 fully saturated rings. The third-order valence-corrected chi connectivity index (χ3v) is 5.07. The first-order valence-corrected chi connectivity index (χ1v) is 9.74. The predicted octanol–water partition coefficient (Wildman–Crippen LogP) is 4.09. The van der Waals surface area contributed by atoms with Gasteiger partial charge in [-0.1, -0.05) is 24.9 Å². The van der Waals surface area contributed by atoms with Crippen LogP contribution in [0.25, 0.3) is 11.1 Å². The van der Waals surface area contributed by atoms with Crippen LogP contribution in [0, 0.1) is 13.8 Å². The fourth-order valence-corrected chi connectivity index (χ4v) is 3.61. The zero-order chi connectivity index (χ0) is 18.5. The molecule has 1 aliphatic rings. The van der Waals surface area contributed by atoms with E-state index in [-0.39, 0.29) is 17.6 Å². The van der Waals surface area contributed by atoms with Crippen LogP contribution >= 0.6 is 0 Å². The summed E-state index contributed by atoms with van der Waals surface area (Å²) >= 11 is 0. The van der Waals surface area contributed by atoms with Gasteiger partial charge >= 0.3 is 0 Å². The molecule has 6 nitrogen and oxygen atoms in total. The lowest BCUT2D eigenvalue weighted by atomic mass is 9.93. The van der Waals surface area contributed by atoms with Gasteiger partial charge in [-0.25, -0.2) is 4.98 Å². The topological polar surface area (TPSA) is 77.2 Å². The molecule has 0 saturated heterocycles. The minimum Gasteiger partial charge on any atom is -0.378 e. The Hall–Kier alpha value is -1.95. The molecule has 0 aliphatic heterocycles. The Bertz CT molecular complexity index is 748. The molecule has 0 bridgehead atoms. The molecule has 6 heteroatoms. The number of carbonyl (C=O) groups is 1. The summed E-state index contributed by atoms with van der Waals surface area (Å²) in [4.78, 5) is 17.1. The highest BCUT2D eigenvalue weighted by Gasteiger charge is 2.26. The Morgan fingerprint density at radius 1 is 1.27 bits per heavy atom. The first-order chi connectivity index (χ1) is 12.6. The Kier molecular flexibility index (Phi) is 6.25. The van der Waals surface area contributed by atoms with Crippen molar-refractivity contribution in [2.45, 2.75) is 77.9 Å². The Morgan fingerprint density at radius 2 is 2.04 bits per heavy atom. The summed E-state index contributed by atoms with van der Waals surface area (Å²) in [5.41, 5.74) is 3.22. The average molecular weight is 359 g/mol. The fraction of sp³-hybridized carbons (Fsp3) is 0.650. The molecule has 2 aromatic rings. The van der Waals surface area contributed by atoms with Crippen LogP contribution in [-0.2, 0) is 4.74 Å². The number of ether oxygens (including phenoxy) is 1. The van der Waals surface area contributed by atoms with Crippen molar-refractivity contribution in [1.29, 1.82) is 0 Å². The molecule has 1 saturated carbocycles. The molecule has 2 aromatic heterocycles. The van der Waals surface area contributed by atoms with Crippen LogP contribution in [0.2, 0.25) is 0 Å². The van der Waals surface area contributed by atoms with Gasteiger partial charge in [0.05, 0.1) is 6.10 Å². The van der Waals surface area contributed by atoms with Gasteiger partial charge in [-0.05, 0) is 57.6 Å². The lowest BCUT2D eigenvalue weighted by Gasteiger charge is -2.29. The highest BCUT2D eigenvalue weighted by Crippen LogP contribution is 2.24. The highest BCUT2D eigenvalue weighted by molar-refractivity contribution is 6.03. The number of nitrogens with zero attached hydrogens (tertiary/aromatic N) is 2. The van der Waals surface area contributed by atoms with E-state index in [1.54, 1.807) is 0 Å². The molecule has 2 heterocycles. The van der Waals surface area contributed by atoms with E-state index in [1.165, 1.54) is 12.8 Å². The number of nitrogens with one attached hydrogen (secondary N) is 1. The van der Waals surface area contributed by atoms with Crippen LogP contribution < -0.4 is 5.32 Å². The second-order valence-corrected chi connectivity index (χ2v) is 7.31. The number of hydrogen-bond donors (Lipinski definition) is 1. The van der Waals surface area contributed by atoms with Gasteiger partial charge in [0, 0.05) is 18.3 Å². The van der Waals surface area contributed by atoms with Gasteiger partial charge in [0.25, 0.3) is 5.91 Å². The number of carbonyl (C=O) groups excluding carboxylic acids is 1. The Balaban J connectivity index is 1.53. The van der Waals surface area contributed by atoms with E-state index < -0.39 is 0 Å². The number of amides is 1. The molecule has 1 aliphatic carbocycles. The minimum atomic E-state index is -0.200. The van der Waals surface area contributed by atoms with Crippen LogP contribution in [-0.4, -0.2) is 34.8 Å². The normalized spacial score (nSPS) is 20.4. The van der Waals surface area contributed by atoms with Crippen molar-refractivity contribution in [2.24, 2.45) is 0 Å². The maximum atomic E-state index is 12.6. The van der Waals surface area contributed by atoms with Crippen LogP contribution in [0.4, 0.5) is 0 Å². The molecule has 0 radical (unpaired) electrons. The lowest BCUT2D eigenvalue weighted by Crippen LogP contribution is -2.39. The van der Waals surface area contributed by atoms with E-state index in [4.69, 9.17) is 9.26 Å². The molecular weight excluding hydrogens is 330 g/mol. The van der Waals surface area contributed by atoms with E-state index >= 15 is 0 Å². The number of unbranched alkanes of at least 4 members (excludes halogenated alkanes) is 2. The number of fused-ring (bicyclic) bond motifs is 1. The van der Waals surface area contributed by atoms with Gasteiger partial charge in [0.2, 0.25) is 0 Å². The smallest absolute Gasteiger partial charge is 0.275 e. The quantitative estimate of drug-likeness (QED) is 0.754. The molecule has 0 atom stereocenters. The van der Waals surface area contributed by atoms with Crippen LogP contribution in [0.5, 0.6) is 0 Å². The first-order valence-electron chi connectivity index (χ1n) is 9.74. The number of rotatable bonds is 7. The third kappa shape index (κ3) is 4.41. The second kappa shape index (κ2) is 8.62. The summed E-state index contributed by atoms with van der Waals surface area (Å²) in [6.07, 6.45) is 7.77. The summed E-state index contributed by atoms with van der Waals surface area (Å²) in [7, 11) is 0. The molecular formula is C20H29N3O3. The van der Waals surface area contributed by atoms with E-state index in [2.05, 4.69) is 22.4 Å². The second-order valence-electron chi connectivity index (χ2n) is 7.31. The Labute approximate surface area is 154 Å². The highest BCUT2D eigenvalue weighted by atomic mass is 16.5. The van der Waals surface area contributed by atoms with Crippen LogP contribution in [0.1, 0.15) is 73.6 Å². The van der Waals surface area contributed by atoms with Crippen molar-refractivity contribution in [1.82, 2.24) is 15.5 Å². The van der Waals surface area contributed by atoms with Gasteiger partial charge in [-0.3, -0.25) is 4.79 Å². The first kappa shape index (κ1) is 18.8. The van der Waals surface area contributed by atoms with E-state index in [1.807, 2.05) is 19.9 Å². The van der Waals surface area contributed by atoms with Crippen molar-refractivity contribution < 1.29 is 14.1 Å². The molecule has 0 aromatic carbocycles. The lowest BCUT2D eigenvalue weighted by molar-refractivity contribution is 0.0204. The van der Waals surface area contributed by atoms with Crippen molar-refractivity contribution >= 4 is 17.0 Å². The summed E-state index contributed by atoms with van der Waals surface area (Å²) in [6.45, 7) is 6.89. The number of pyridine rings is 1. The van der Waals surface area contributed by atoms with Crippen molar-refractivity contribution in [2.75, 3.05) is 6.61 Å². The van der Waals surface area contributed by atoms with E-state index in [9.17, 15) is 4.79 Å². The molecule has 1 amide bonds. The molecule has 1 N–H and O–H groups in total. The predicted molar refractivity (Wildman–Crippen MR) is 100 cm³/mol. The average Bonchev–Trinajstić information content (AvgIpc) is 3.04. The monoisotopic (exact) mass is 359 g/mol. The summed E-state index contributed by atoms with van der Waals surface area (Å²) in [5, 5.41) is 7.05. The van der Waals surface area contributed by atoms with Gasteiger partial charge in [-0.2, -0.15) is 0 Å². The molecule has 0 spiro atoms. The zero-order valence-electron chi connectivity index (χ0n) is 16.0. The standard InChI is InChI=1S/C20H29N3O3/c1-4-5-6-11-25-16-9-7-15(8-10-16)22-20(24)18-17-19(26-23-18)13(2)12-14(3)21-17/h12,15-16H,4-11H2,1-3H3,(H,22,24)/t15-,16-. The zero-order valence-corrected chi connectivity index (χ0v) is 16.0. The third-order valence-electron chi connectivity index (χ3n) is 5.07. The van der Waals surface area contributed by atoms with Crippen LogP contribution in [0.15, 0.2) is 10.6 Å². The summed E-state index contributed by atoms with van der Waals surface area (Å²) in [6, 6.07) is 2.09. The SMILES string of the molecule is CCCCCO[C@H]1CC[C@H](NC(=O)c2noc3c(C)cc(C)nc23)CC1. The van der Waals surface area contributed by atoms with Gasteiger partial charge in [0.1, 0.15) is 5.52 Å². The largest absolute Gasteiger partial charge is 0.378 e. The van der Waals surface area contributed by atoms with E-state index in [0.29, 0.717) is 17.2 Å². The molecule has 142 valence electrons. The summed E-state index contributed by atoms with van der Waals surface area (Å²) < 4.78 is 11.3.